The molecule has 194 valence electrons. The molecule has 13 heteroatoms. The average molecular weight is 553 g/mol. The van der Waals surface area contributed by atoms with Crippen LogP contribution in [0, 0.1) is 5.41 Å². The Kier molecular flexibility index (Phi) is 7.07. The first-order chi connectivity index (χ1) is 17.2. The van der Waals surface area contributed by atoms with E-state index in [1.165, 1.54) is 11.8 Å². The van der Waals surface area contributed by atoms with Gasteiger partial charge >= 0.3 is 6.03 Å². The summed E-state index contributed by atoms with van der Waals surface area (Å²) in [5.74, 6) is 0.810. The van der Waals surface area contributed by atoms with E-state index in [4.69, 9.17) is 22.1 Å². The molecule has 1 saturated carbocycles. The maximum atomic E-state index is 12.2. The lowest BCUT2D eigenvalue weighted by Crippen LogP contribution is -2.50. The van der Waals surface area contributed by atoms with Gasteiger partial charge in [0.25, 0.3) is 0 Å². The van der Waals surface area contributed by atoms with Crippen molar-refractivity contribution in [3.05, 3.63) is 35.6 Å². The molecule has 1 aromatic heterocycles. The number of piperidine rings is 1. The monoisotopic (exact) mass is 552 g/mol. The highest BCUT2D eigenvalue weighted by Gasteiger charge is 2.47. The second kappa shape index (κ2) is 9.97. The molecule has 1 aromatic carbocycles. The van der Waals surface area contributed by atoms with Crippen LogP contribution in [0.4, 0.5) is 16.3 Å². The number of hydrogen-bond acceptors (Lipinski definition) is 9. The molecule has 4 N–H and O–H groups in total. The number of benzene rings is 1. The van der Waals surface area contributed by atoms with Crippen LogP contribution in [0.15, 0.2) is 40.5 Å². The second-order valence-electron chi connectivity index (χ2n) is 9.62. The van der Waals surface area contributed by atoms with Gasteiger partial charge in [0, 0.05) is 29.4 Å². The summed E-state index contributed by atoms with van der Waals surface area (Å²) < 4.78 is 31.8. The van der Waals surface area contributed by atoms with Gasteiger partial charge in [-0.1, -0.05) is 29.4 Å². The largest absolute Gasteiger partial charge is 0.376 e. The minimum atomic E-state index is -3.65. The first-order valence-electron chi connectivity index (χ1n) is 11.9. The molecule has 0 radical (unpaired) electrons. The van der Waals surface area contributed by atoms with Gasteiger partial charge in [0.2, 0.25) is 10.0 Å². The number of sulfonamides is 1. The molecule has 5 rings (SSSR count). The van der Waals surface area contributed by atoms with Gasteiger partial charge in [0.15, 0.2) is 0 Å². The van der Waals surface area contributed by atoms with Crippen LogP contribution < -0.4 is 20.7 Å². The number of urea groups is 1. The lowest BCUT2D eigenvalue weighted by atomic mass is 9.73. The zero-order valence-electron chi connectivity index (χ0n) is 19.8. The number of aromatic nitrogens is 2. The Morgan fingerprint density at radius 1 is 1.25 bits per heavy atom. The van der Waals surface area contributed by atoms with Crippen molar-refractivity contribution >= 4 is 50.9 Å². The fraction of sp³-hybridized carbons (Fsp3) is 0.522. The molecule has 3 aliphatic rings. The highest BCUT2D eigenvalue weighted by molar-refractivity contribution is 7.99. The van der Waals surface area contributed by atoms with Gasteiger partial charge in [-0.15, -0.1) is 0 Å². The number of carbonyl (C=O) groups excluding carboxylic acids is 1. The van der Waals surface area contributed by atoms with Crippen LogP contribution in [0.2, 0.25) is 5.02 Å². The molecule has 2 aliphatic heterocycles. The zero-order valence-corrected chi connectivity index (χ0v) is 22.2. The van der Waals surface area contributed by atoms with Crippen molar-refractivity contribution in [1.82, 2.24) is 14.7 Å². The SMILES string of the molecule is C[C@@H]1OCC2(CCN(c3cnc(Sc4cccc(NC(=O)NS(=O)(=O)C5CC5)c4Cl)cn3)CC2)[C@@H]1N. The molecule has 3 heterocycles. The third-order valence-corrected chi connectivity index (χ3v) is 10.5. The van der Waals surface area contributed by atoms with E-state index in [2.05, 4.69) is 20.2 Å². The summed E-state index contributed by atoms with van der Waals surface area (Å²) in [5.41, 5.74) is 6.77. The molecule has 0 unspecified atom stereocenters. The van der Waals surface area contributed by atoms with Gasteiger partial charge in [-0.2, -0.15) is 0 Å². The highest BCUT2D eigenvalue weighted by Crippen LogP contribution is 2.42. The van der Waals surface area contributed by atoms with Gasteiger partial charge in [0.1, 0.15) is 10.8 Å². The molecule has 3 fully saturated rings. The maximum Gasteiger partial charge on any atom is 0.332 e. The Morgan fingerprint density at radius 3 is 2.61 bits per heavy atom. The normalized spacial score (nSPS) is 23.6. The summed E-state index contributed by atoms with van der Waals surface area (Å²) in [5, 5.41) is 2.96. The van der Waals surface area contributed by atoms with Crippen LogP contribution in [0.5, 0.6) is 0 Å². The number of halogens is 1. The van der Waals surface area contributed by atoms with Crippen molar-refractivity contribution in [3.63, 3.8) is 0 Å². The third-order valence-electron chi connectivity index (χ3n) is 7.17. The van der Waals surface area contributed by atoms with Gasteiger partial charge in [-0.3, -0.25) is 0 Å². The molecule has 2 atom stereocenters. The van der Waals surface area contributed by atoms with Gasteiger partial charge in [0.05, 0.1) is 41.1 Å². The Balaban J connectivity index is 1.20. The van der Waals surface area contributed by atoms with E-state index >= 15 is 0 Å². The van der Waals surface area contributed by atoms with Crippen molar-refractivity contribution < 1.29 is 17.9 Å². The molecular weight excluding hydrogens is 524 g/mol. The predicted molar refractivity (Wildman–Crippen MR) is 139 cm³/mol. The van der Waals surface area contributed by atoms with Crippen molar-refractivity contribution in [2.24, 2.45) is 11.1 Å². The topological polar surface area (TPSA) is 140 Å². The van der Waals surface area contributed by atoms with E-state index in [0.717, 1.165) is 38.4 Å². The summed E-state index contributed by atoms with van der Waals surface area (Å²) in [6.45, 7) is 4.46. The Labute approximate surface area is 219 Å². The average Bonchev–Trinajstić information content (AvgIpc) is 3.68. The highest BCUT2D eigenvalue weighted by atomic mass is 35.5. The summed E-state index contributed by atoms with van der Waals surface area (Å²) in [6.07, 6.45) is 6.59. The van der Waals surface area contributed by atoms with Crippen LogP contribution in [0.1, 0.15) is 32.6 Å². The number of nitrogens with zero attached hydrogens (tertiary/aromatic N) is 3. The van der Waals surface area contributed by atoms with E-state index in [1.807, 2.05) is 11.6 Å². The van der Waals surface area contributed by atoms with Crippen molar-refractivity contribution in [2.45, 2.75) is 59.9 Å². The Bertz CT molecular complexity index is 1230. The second-order valence-corrected chi connectivity index (χ2v) is 13.0. The maximum absolute atomic E-state index is 12.2. The van der Waals surface area contributed by atoms with E-state index in [1.54, 1.807) is 30.6 Å². The molecule has 0 bridgehead atoms. The van der Waals surface area contributed by atoms with E-state index in [-0.39, 0.29) is 22.6 Å². The standard InChI is InChI=1S/C23H29ClN6O4S2/c1-14-21(25)23(13-34-14)7-9-30(10-8-23)18-11-27-19(12-26-18)35-17-4-2-3-16(20(17)24)28-22(31)29-36(32,33)15-5-6-15/h2-4,11-12,14-15,21H,5-10,13,25H2,1H3,(H2,28,29,31)/t14-,21+/m0/s1. The lowest BCUT2D eigenvalue weighted by molar-refractivity contribution is 0.0974. The van der Waals surface area contributed by atoms with E-state index in [9.17, 15) is 13.2 Å². The lowest BCUT2D eigenvalue weighted by Gasteiger charge is -2.41. The molecular formula is C23H29ClN6O4S2. The van der Waals surface area contributed by atoms with Gasteiger partial charge < -0.3 is 20.7 Å². The molecule has 2 saturated heterocycles. The first kappa shape index (κ1) is 25.5. The van der Waals surface area contributed by atoms with Crippen LogP contribution in [0.3, 0.4) is 0 Å². The molecule has 2 aromatic rings. The fourth-order valence-electron chi connectivity index (χ4n) is 4.72. The smallest absolute Gasteiger partial charge is 0.332 e. The summed E-state index contributed by atoms with van der Waals surface area (Å²) in [6, 6.07) is 4.36. The number of nitrogens with one attached hydrogen (secondary N) is 2. The van der Waals surface area contributed by atoms with Gasteiger partial charge in [-0.25, -0.2) is 27.9 Å². The van der Waals surface area contributed by atoms with Crippen LogP contribution >= 0.6 is 23.4 Å². The predicted octanol–water partition coefficient (Wildman–Crippen LogP) is 3.23. The molecule has 1 aliphatic carbocycles. The minimum Gasteiger partial charge on any atom is -0.376 e. The number of carbonyl (C=O) groups is 1. The van der Waals surface area contributed by atoms with Gasteiger partial charge in [-0.05, 0) is 44.7 Å². The summed E-state index contributed by atoms with van der Waals surface area (Å²) in [7, 11) is -3.65. The number of anilines is 2. The number of nitrogens with two attached hydrogens (primary N) is 1. The quantitative estimate of drug-likeness (QED) is 0.492. The summed E-state index contributed by atoms with van der Waals surface area (Å²) >= 11 is 7.80. The number of ether oxygens (including phenoxy) is 1. The van der Waals surface area contributed by atoms with Crippen molar-refractivity contribution in [2.75, 3.05) is 29.9 Å². The van der Waals surface area contributed by atoms with Crippen LogP contribution in [0.25, 0.3) is 0 Å². The first-order valence-corrected chi connectivity index (χ1v) is 14.6. The molecule has 10 nitrogen and oxygen atoms in total. The van der Waals surface area contributed by atoms with Crippen molar-refractivity contribution in [1.29, 1.82) is 0 Å². The molecule has 36 heavy (non-hydrogen) atoms. The summed E-state index contributed by atoms with van der Waals surface area (Å²) in [4.78, 5) is 24.2. The third kappa shape index (κ3) is 5.28. The minimum absolute atomic E-state index is 0.0495. The Hall–Kier alpha value is -2.12. The molecule has 1 spiro atoms. The van der Waals surface area contributed by atoms with Crippen LogP contribution in [-0.2, 0) is 14.8 Å². The zero-order chi connectivity index (χ0) is 25.5. The van der Waals surface area contributed by atoms with E-state index in [0.29, 0.717) is 28.5 Å². The Morgan fingerprint density at radius 2 is 2.00 bits per heavy atom. The number of amides is 2. The van der Waals surface area contributed by atoms with Crippen molar-refractivity contribution in [3.8, 4) is 0 Å². The fourth-order valence-corrected chi connectivity index (χ4v) is 7.02. The van der Waals surface area contributed by atoms with Crippen LogP contribution in [-0.4, -0.2) is 61.5 Å². The number of hydrogen-bond donors (Lipinski definition) is 3. The van der Waals surface area contributed by atoms with E-state index < -0.39 is 21.3 Å². The molecule has 2 amide bonds. The number of rotatable bonds is 6.